The topological polar surface area (TPSA) is 87.2 Å². The van der Waals surface area contributed by atoms with Crippen LogP contribution in [0.3, 0.4) is 0 Å². The predicted octanol–water partition coefficient (Wildman–Crippen LogP) is 8.08. The Balaban J connectivity index is 1.42. The molecule has 8 nitrogen and oxygen atoms in total. The third kappa shape index (κ3) is 4.47. The normalized spacial score (nSPS) is 27.2. The molecule has 2 amide bonds. The second-order valence-corrected chi connectivity index (χ2v) is 21.9. The zero-order valence-corrected chi connectivity index (χ0v) is 34.7. The van der Waals surface area contributed by atoms with Crippen LogP contribution in [0.5, 0.6) is 5.75 Å². The van der Waals surface area contributed by atoms with Crippen LogP contribution in [0.2, 0.25) is 0 Å². The molecule has 4 saturated heterocycles. The highest BCUT2D eigenvalue weighted by molar-refractivity contribution is 8.78. The second kappa shape index (κ2) is 11.1. The molecule has 2 aromatic rings. The lowest BCUT2D eigenvalue weighted by Gasteiger charge is -2.65. The van der Waals surface area contributed by atoms with Crippen LogP contribution in [0, 0.1) is 27.1 Å². The summed E-state index contributed by atoms with van der Waals surface area (Å²) in [6, 6.07) is 15.4. The van der Waals surface area contributed by atoms with E-state index in [1.165, 1.54) is 30.8 Å². The summed E-state index contributed by atoms with van der Waals surface area (Å²) in [5, 5.41) is -0.704. The maximum Gasteiger partial charge on any atom is 0.261 e. The number of para-hydroxylation sites is 1. The average Bonchev–Trinajstić information content (AvgIpc) is 3.47. The van der Waals surface area contributed by atoms with Gasteiger partial charge in [0.2, 0.25) is 10.9 Å². The molecule has 7 rings (SSSR count). The number of thiol groups is 1. The summed E-state index contributed by atoms with van der Waals surface area (Å²) in [5.41, 5.74) is 0.132. The Bertz CT molecular complexity index is 1820. The Morgan fingerprint density at radius 3 is 1.90 bits per heavy atom. The standard InChI is InChI=1S/C39H55N3O5S3/c1-32(2,3)33(4,5)34(6,7)35(8,9)36(10,11)37(12,13)47-25-21-19-24(20-22-25)38-23-39-31(44)40(14)29(48-49-39)28(43)41(39)30(38)42(50(45)46)27-18-16-15-17-26(27)38/h15-22,29-30,50H,23H2,1-14H3/t29-,30-,38-,39-/m0/s1. The number of ether oxygens (including phenoxy) is 1. The Labute approximate surface area is 308 Å². The van der Waals surface area contributed by atoms with Gasteiger partial charge in [0.1, 0.15) is 17.5 Å². The zero-order chi connectivity index (χ0) is 37.4. The van der Waals surface area contributed by atoms with E-state index in [0.29, 0.717) is 11.4 Å². The molecule has 0 N–H and O–H groups in total. The highest BCUT2D eigenvalue weighted by Crippen LogP contribution is 2.69. The molecule has 274 valence electrons. The van der Waals surface area contributed by atoms with E-state index in [1.807, 2.05) is 42.5 Å². The van der Waals surface area contributed by atoms with Gasteiger partial charge in [0.15, 0.2) is 10.2 Å². The Kier molecular flexibility index (Phi) is 8.28. The van der Waals surface area contributed by atoms with E-state index in [-0.39, 0.29) is 45.3 Å². The minimum Gasteiger partial charge on any atom is -0.487 e. The van der Waals surface area contributed by atoms with Gasteiger partial charge in [0.05, 0.1) is 11.1 Å². The number of hydrogen-bond acceptors (Lipinski definition) is 7. The molecular weight excluding hydrogens is 687 g/mol. The lowest BCUT2D eigenvalue weighted by molar-refractivity contribution is -0.185. The van der Waals surface area contributed by atoms with E-state index in [0.717, 1.165) is 11.1 Å². The van der Waals surface area contributed by atoms with Crippen LogP contribution in [-0.4, -0.2) is 59.1 Å². The highest BCUT2D eigenvalue weighted by Gasteiger charge is 2.76. The Hall–Kier alpha value is -2.37. The van der Waals surface area contributed by atoms with Gasteiger partial charge in [-0.25, -0.2) is 12.7 Å². The first-order chi connectivity index (χ1) is 22.8. The number of likely N-dealkylation sites (N-methyl/N-ethyl adjacent to an activating group) is 1. The van der Waals surface area contributed by atoms with Crippen molar-refractivity contribution in [1.82, 2.24) is 9.80 Å². The molecule has 4 atom stereocenters. The third-order valence-electron chi connectivity index (χ3n) is 15.2. The Morgan fingerprint density at radius 1 is 0.780 bits per heavy atom. The number of benzene rings is 2. The molecular formula is C39H55N3O5S3. The first kappa shape index (κ1) is 37.4. The van der Waals surface area contributed by atoms with Crippen molar-refractivity contribution in [3.8, 4) is 5.75 Å². The van der Waals surface area contributed by atoms with E-state index >= 15 is 0 Å². The van der Waals surface area contributed by atoms with Gasteiger partial charge in [0, 0.05) is 18.9 Å². The number of nitrogens with zero attached hydrogens (tertiary/aromatic N) is 3. The highest BCUT2D eigenvalue weighted by atomic mass is 33.1. The van der Waals surface area contributed by atoms with Gasteiger partial charge in [-0.15, -0.1) is 0 Å². The van der Waals surface area contributed by atoms with Crippen LogP contribution in [0.25, 0.3) is 0 Å². The third-order valence-corrected chi connectivity index (χ3v) is 19.2. The van der Waals surface area contributed by atoms with Crippen molar-refractivity contribution in [3.63, 3.8) is 0 Å². The Morgan fingerprint density at radius 2 is 1.34 bits per heavy atom. The predicted molar refractivity (Wildman–Crippen MR) is 205 cm³/mol. The number of rotatable bonds is 8. The minimum atomic E-state index is -3.13. The maximum atomic E-state index is 14.1. The molecule has 0 unspecified atom stereocenters. The van der Waals surface area contributed by atoms with Crippen LogP contribution in [-0.2, 0) is 25.9 Å². The molecule has 50 heavy (non-hydrogen) atoms. The number of carbonyl (C=O) groups excluding carboxylic acids is 2. The number of amides is 2. The summed E-state index contributed by atoms with van der Waals surface area (Å²) in [6.07, 6.45) is -0.648. The first-order valence-corrected chi connectivity index (χ1v) is 20.9. The van der Waals surface area contributed by atoms with Crippen molar-refractivity contribution in [3.05, 3.63) is 59.7 Å². The van der Waals surface area contributed by atoms with Gasteiger partial charge in [0.25, 0.3) is 11.8 Å². The molecule has 5 aliphatic heterocycles. The van der Waals surface area contributed by atoms with E-state index in [4.69, 9.17) is 4.74 Å². The quantitative estimate of drug-likeness (QED) is 0.216. The van der Waals surface area contributed by atoms with Crippen LogP contribution in [0.15, 0.2) is 48.5 Å². The van der Waals surface area contributed by atoms with Crippen molar-refractivity contribution < 1.29 is 22.7 Å². The van der Waals surface area contributed by atoms with E-state index in [1.54, 1.807) is 18.0 Å². The molecule has 0 aliphatic carbocycles. The molecule has 2 bridgehead atoms. The van der Waals surface area contributed by atoms with Gasteiger partial charge in [-0.05, 0) is 64.8 Å². The fourth-order valence-corrected chi connectivity index (χ4v) is 13.6. The molecule has 2 aromatic carbocycles. The summed E-state index contributed by atoms with van der Waals surface area (Å²) >= 11 is 0. The van der Waals surface area contributed by atoms with Crippen LogP contribution < -0.4 is 9.04 Å². The number of fused-ring (bicyclic) bond motifs is 5. The second-order valence-electron chi connectivity index (χ2n) is 18.4. The molecule has 4 fully saturated rings. The largest absolute Gasteiger partial charge is 0.487 e. The first-order valence-electron chi connectivity index (χ1n) is 17.5. The maximum absolute atomic E-state index is 14.1. The van der Waals surface area contributed by atoms with E-state index in [9.17, 15) is 18.0 Å². The minimum absolute atomic E-state index is 0.00396. The van der Waals surface area contributed by atoms with E-state index in [2.05, 4.69) is 90.0 Å². The van der Waals surface area contributed by atoms with Crippen molar-refractivity contribution in [2.75, 3.05) is 11.4 Å². The van der Waals surface area contributed by atoms with Crippen LogP contribution >= 0.6 is 21.6 Å². The van der Waals surface area contributed by atoms with Crippen LogP contribution in [0.1, 0.15) is 108 Å². The van der Waals surface area contributed by atoms with Crippen molar-refractivity contribution in [2.24, 2.45) is 27.1 Å². The lowest BCUT2D eigenvalue weighted by atomic mass is 9.41. The molecule has 1 spiro atoms. The molecule has 0 aromatic heterocycles. The van der Waals surface area contributed by atoms with Gasteiger partial charge >= 0.3 is 0 Å². The summed E-state index contributed by atoms with van der Waals surface area (Å²) < 4.78 is 34.5. The number of hydrogen-bond donors (Lipinski definition) is 1. The molecule has 5 heterocycles. The smallest absolute Gasteiger partial charge is 0.261 e. The van der Waals surface area contributed by atoms with Crippen molar-refractivity contribution >= 4 is 50.0 Å². The number of anilines is 1. The fraction of sp³-hybridized carbons (Fsp3) is 0.641. The van der Waals surface area contributed by atoms with Gasteiger partial charge < -0.3 is 9.64 Å². The average molecular weight is 742 g/mol. The van der Waals surface area contributed by atoms with Gasteiger partial charge in [-0.1, -0.05) is 128 Å². The van der Waals surface area contributed by atoms with Crippen molar-refractivity contribution in [2.45, 2.75) is 124 Å². The van der Waals surface area contributed by atoms with Crippen LogP contribution in [0.4, 0.5) is 5.69 Å². The van der Waals surface area contributed by atoms with Gasteiger partial charge in [-0.3, -0.25) is 14.5 Å². The molecule has 5 aliphatic rings. The summed E-state index contributed by atoms with van der Waals surface area (Å²) in [5.74, 6) is 0.303. The monoisotopic (exact) mass is 741 g/mol. The summed E-state index contributed by atoms with van der Waals surface area (Å²) in [7, 11) is 1.30. The lowest BCUT2D eigenvalue weighted by Crippen LogP contribution is -2.71. The van der Waals surface area contributed by atoms with Crippen molar-refractivity contribution in [1.29, 1.82) is 0 Å². The number of carbonyl (C=O) groups is 2. The van der Waals surface area contributed by atoms with E-state index < -0.39 is 38.3 Å². The molecule has 0 radical (unpaired) electrons. The zero-order valence-electron chi connectivity index (χ0n) is 32.1. The molecule has 0 saturated carbocycles. The SMILES string of the molecule is CN1C(=O)[C@@]23C[C@]4(c5ccc(OC(C)(C)C(C)(C)C(C)(C)C(C)(C)C(C)(C)C(C)(C)C)cc5)c5ccccc5N([SH](=O)=O)[C@@H]4N2C(=O)[C@@H]1SS3. The summed E-state index contributed by atoms with van der Waals surface area (Å²) in [6.45, 7) is 30.2. The summed E-state index contributed by atoms with van der Waals surface area (Å²) in [4.78, 5) is 30.0. The van der Waals surface area contributed by atoms with Gasteiger partial charge in [-0.2, -0.15) is 0 Å². The fourth-order valence-electron chi connectivity index (χ4n) is 9.27. The molecule has 11 heteroatoms. The number of piperazine rings is 1.